The lowest BCUT2D eigenvalue weighted by Gasteiger charge is -2.30. The number of amides is 2. The summed E-state index contributed by atoms with van der Waals surface area (Å²) in [5.74, 6) is 0.617. The Hall–Kier alpha value is -6.71. The number of methoxy groups -OCH3 is 1. The topological polar surface area (TPSA) is 205 Å². The lowest BCUT2D eigenvalue weighted by molar-refractivity contribution is 0.0949. The first-order valence-corrected chi connectivity index (χ1v) is 22.8. The highest BCUT2D eigenvalue weighted by molar-refractivity contribution is 7.85. The van der Waals surface area contributed by atoms with Crippen molar-refractivity contribution < 1.29 is 47.0 Å². The highest BCUT2D eigenvalue weighted by Gasteiger charge is 2.27. The van der Waals surface area contributed by atoms with Crippen molar-refractivity contribution in [1.29, 1.82) is 0 Å². The van der Waals surface area contributed by atoms with Crippen LogP contribution in [-0.2, 0) is 25.7 Å². The number of nitrogens with one attached hydrogen (secondary N) is 2. The Balaban J connectivity index is 1.14. The number of carbonyl (C=O) groups excluding carboxylic acids is 2. The number of nitrogens with zero attached hydrogens (tertiary/aromatic N) is 2. The number of unbranched alkanes of at least 4 members (excludes halogenated alkanes) is 1. The van der Waals surface area contributed by atoms with Gasteiger partial charge in [-0.1, -0.05) is 77.9 Å². The number of rotatable bonds is 17. The second-order valence-corrected chi connectivity index (χ2v) is 18.6. The van der Waals surface area contributed by atoms with Gasteiger partial charge in [0.25, 0.3) is 16.0 Å². The van der Waals surface area contributed by atoms with Gasteiger partial charge in [-0.2, -0.15) is 13.5 Å². The Kier molecular flexibility index (Phi) is 14.4. The van der Waals surface area contributed by atoms with E-state index in [-0.39, 0.29) is 44.3 Å². The zero-order chi connectivity index (χ0) is 47.3. The number of aromatic hydroxyl groups is 2. The molecule has 15 heteroatoms. The number of hydrogen-bond donors (Lipinski definition) is 5. The fraction of sp³-hybridized carbons (Fsp3) is 0.320. The summed E-state index contributed by atoms with van der Waals surface area (Å²) in [5.41, 5.74) is 3.26. The number of anilines is 1. The molecule has 5 N–H and O–H groups in total. The van der Waals surface area contributed by atoms with E-state index in [1.165, 1.54) is 23.3 Å². The molecule has 0 saturated carbocycles. The molecule has 6 aromatic rings. The maximum absolute atomic E-state index is 13.5. The fourth-order valence-corrected chi connectivity index (χ4v) is 7.81. The first-order chi connectivity index (χ1) is 30.8. The first-order valence-electron chi connectivity index (χ1n) is 21.4. The van der Waals surface area contributed by atoms with Crippen molar-refractivity contribution in [3.05, 3.63) is 113 Å². The molecule has 0 fully saturated rings. The van der Waals surface area contributed by atoms with E-state index in [4.69, 9.17) is 9.47 Å². The number of carbonyl (C=O) groups is 2. The molecule has 0 unspecified atom stereocenters. The van der Waals surface area contributed by atoms with Gasteiger partial charge in [0.1, 0.15) is 28.7 Å². The highest BCUT2D eigenvalue weighted by atomic mass is 32.2. The molecule has 0 heterocycles. The van der Waals surface area contributed by atoms with Crippen molar-refractivity contribution in [2.75, 3.05) is 25.6 Å². The van der Waals surface area contributed by atoms with Gasteiger partial charge in [-0.05, 0) is 115 Å². The summed E-state index contributed by atoms with van der Waals surface area (Å²) in [7, 11) is -3.55. The van der Waals surface area contributed by atoms with Crippen LogP contribution in [0.25, 0.3) is 21.5 Å². The summed E-state index contributed by atoms with van der Waals surface area (Å²) in [4.78, 5) is 25.1. The van der Waals surface area contributed by atoms with Gasteiger partial charge in [0.15, 0.2) is 5.75 Å². The number of azo groups is 1. The Morgan fingerprint density at radius 2 is 1.48 bits per heavy atom. The van der Waals surface area contributed by atoms with Gasteiger partial charge >= 0.3 is 6.09 Å². The second kappa shape index (κ2) is 19.6. The molecular formula is C50H56N4O10S. The number of fused-ring (bicyclic) bond motifs is 2. The van der Waals surface area contributed by atoms with Gasteiger partial charge in [0.05, 0.1) is 35.6 Å². The van der Waals surface area contributed by atoms with Crippen LogP contribution in [0, 0.1) is 6.92 Å². The van der Waals surface area contributed by atoms with Crippen molar-refractivity contribution in [3.8, 4) is 28.7 Å². The summed E-state index contributed by atoms with van der Waals surface area (Å²) < 4.78 is 50.8. The van der Waals surface area contributed by atoms with E-state index in [2.05, 4.69) is 85.3 Å². The third kappa shape index (κ3) is 10.8. The zero-order valence-electron chi connectivity index (χ0n) is 37.9. The van der Waals surface area contributed by atoms with E-state index in [0.29, 0.717) is 59.5 Å². The molecule has 0 saturated heterocycles. The molecular weight excluding hydrogens is 849 g/mol. The number of ether oxygens (including phenoxy) is 3. The Morgan fingerprint density at radius 1 is 0.785 bits per heavy atom. The minimum atomic E-state index is -4.66. The minimum absolute atomic E-state index is 0.0439. The van der Waals surface area contributed by atoms with E-state index < -0.39 is 32.8 Å². The van der Waals surface area contributed by atoms with Gasteiger partial charge in [-0.15, -0.1) is 5.11 Å². The van der Waals surface area contributed by atoms with Gasteiger partial charge in [0.2, 0.25) is 0 Å². The molecule has 0 bridgehead atoms. The third-order valence-electron chi connectivity index (χ3n) is 12.0. The molecule has 0 aliphatic heterocycles. The number of benzene rings is 6. The molecule has 14 nitrogen and oxygen atoms in total. The average Bonchev–Trinajstić information content (AvgIpc) is 3.28. The van der Waals surface area contributed by atoms with Gasteiger partial charge < -0.3 is 29.7 Å². The van der Waals surface area contributed by atoms with Crippen LogP contribution in [0.3, 0.4) is 0 Å². The van der Waals surface area contributed by atoms with Crippen molar-refractivity contribution in [2.45, 2.75) is 89.9 Å². The number of phenolic OH excluding ortho intramolecular Hbond substituents is 2. The van der Waals surface area contributed by atoms with Crippen molar-refractivity contribution in [1.82, 2.24) is 5.32 Å². The average molecular weight is 905 g/mol. The number of hydrogen-bond acceptors (Lipinski definition) is 11. The van der Waals surface area contributed by atoms with Crippen LogP contribution in [0.5, 0.6) is 28.7 Å². The standard InChI is InChI=1S/C50H56N4O10S/c1-9-49(4,5)32-17-22-41(39(27-32)50(6,7)10-2)63-24-14-13-23-51-47(57)38-29-42(36-15-11-12-16-37(36)45(38)55)64-34-20-18-33(19-21-34)53-54-44-30(3)25-31-26-35(65(59,60)61)28-40(43(31)46(44)56)52-48(58)62-8/h11-12,15-22,25-29,55-56H,9-10,13-14,23-24H2,1-8H3,(H,51,57)(H,52,58)(H,59,60,61). The molecule has 342 valence electrons. The minimum Gasteiger partial charge on any atom is -0.506 e. The monoisotopic (exact) mass is 904 g/mol. The van der Waals surface area contributed by atoms with E-state index in [1.54, 1.807) is 55.5 Å². The maximum Gasteiger partial charge on any atom is 0.411 e. The summed E-state index contributed by atoms with van der Waals surface area (Å²) in [6.07, 6.45) is 2.43. The summed E-state index contributed by atoms with van der Waals surface area (Å²) in [5, 5.41) is 37.7. The second-order valence-electron chi connectivity index (χ2n) is 17.2. The highest BCUT2D eigenvalue weighted by Crippen LogP contribution is 2.44. The Bertz CT molecular complexity index is 2890. The van der Waals surface area contributed by atoms with Crippen LogP contribution in [-0.4, -0.2) is 55.4 Å². The zero-order valence-corrected chi connectivity index (χ0v) is 38.7. The third-order valence-corrected chi connectivity index (χ3v) is 12.8. The molecule has 0 atom stereocenters. The predicted molar refractivity (Wildman–Crippen MR) is 253 cm³/mol. The van der Waals surface area contributed by atoms with Crippen LogP contribution in [0.2, 0.25) is 0 Å². The normalized spacial score (nSPS) is 12.1. The van der Waals surface area contributed by atoms with Gasteiger partial charge in [0, 0.05) is 28.3 Å². The molecule has 0 radical (unpaired) electrons. The molecule has 0 aliphatic carbocycles. The molecule has 2 amide bonds. The summed E-state index contributed by atoms with van der Waals surface area (Å²) in [6, 6.07) is 25.3. The van der Waals surface area contributed by atoms with Crippen LogP contribution in [0.4, 0.5) is 21.9 Å². The molecule has 6 rings (SSSR count). The molecule has 6 aromatic carbocycles. The van der Waals surface area contributed by atoms with E-state index in [1.807, 2.05) is 0 Å². The number of aryl methyl sites for hydroxylation is 1. The first kappa shape index (κ1) is 47.8. The lowest BCUT2D eigenvalue weighted by Crippen LogP contribution is -2.25. The Labute approximate surface area is 379 Å². The molecule has 0 spiro atoms. The summed E-state index contributed by atoms with van der Waals surface area (Å²) >= 11 is 0. The molecule has 65 heavy (non-hydrogen) atoms. The van der Waals surface area contributed by atoms with Crippen molar-refractivity contribution >= 4 is 60.7 Å². The van der Waals surface area contributed by atoms with Crippen LogP contribution < -0.4 is 20.1 Å². The lowest BCUT2D eigenvalue weighted by atomic mass is 9.76. The number of phenols is 2. The van der Waals surface area contributed by atoms with Crippen LogP contribution in [0.1, 0.15) is 94.3 Å². The van der Waals surface area contributed by atoms with E-state index in [9.17, 15) is 32.8 Å². The largest absolute Gasteiger partial charge is 0.506 e. The van der Waals surface area contributed by atoms with E-state index >= 15 is 0 Å². The molecule has 0 aliphatic rings. The maximum atomic E-state index is 13.5. The van der Waals surface area contributed by atoms with Crippen molar-refractivity contribution in [3.63, 3.8) is 0 Å². The predicted octanol–water partition coefficient (Wildman–Crippen LogP) is 12.3. The smallest absolute Gasteiger partial charge is 0.411 e. The van der Waals surface area contributed by atoms with Crippen LogP contribution >= 0.6 is 0 Å². The SMILES string of the molecule is CCC(C)(C)c1ccc(OCCCCNC(=O)c2cc(Oc3ccc(N=Nc4c(C)cc5cc(S(=O)(=O)O)cc(NC(=O)OC)c5c4O)cc3)c3ccccc3c2O)c(C(C)(C)CC)c1. The Morgan fingerprint density at radius 3 is 2.14 bits per heavy atom. The fourth-order valence-electron chi connectivity index (χ4n) is 7.26. The van der Waals surface area contributed by atoms with Gasteiger partial charge in [-0.3, -0.25) is 14.7 Å². The van der Waals surface area contributed by atoms with Crippen LogP contribution in [0.15, 0.2) is 106 Å². The summed E-state index contributed by atoms with van der Waals surface area (Å²) in [6.45, 7) is 15.9. The quantitative estimate of drug-likeness (QED) is 0.0332. The van der Waals surface area contributed by atoms with Crippen molar-refractivity contribution in [2.24, 2.45) is 10.2 Å². The van der Waals surface area contributed by atoms with Gasteiger partial charge in [-0.25, -0.2) is 4.79 Å². The van der Waals surface area contributed by atoms with E-state index in [0.717, 1.165) is 37.8 Å². The molecule has 0 aromatic heterocycles.